The molecule has 224 valence electrons. The fraction of sp³-hybridized carbons (Fsp3) is 0.486. The summed E-state index contributed by atoms with van der Waals surface area (Å²) in [5.74, 6) is 2.51. The lowest BCUT2D eigenvalue weighted by Crippen LogP contribution is -2.39. The van der Waals surface area contributed by atoms with Crippen molar-refractivity contribution < 1.29 is 5.11 Å². The highest BCUT2D eigenvalue weighted by atomic mass is 35.5. The number of hydrogen-bond acceptors (Lipinski definition) is 7. The molecular formula is C35H35ClN6O2. The van der Waals surface area contributed by atoms with Crippen LogP contribution in [0.15, 0.2) is 41.5 Å². The standard InChI is InChI=1S/C35H35ClN6O2/c36-24-3-1-2-19-12-21(43)14-26(28(19)24)41-11-10-22-27(15-41)42(34-31(17-4-5-17)37-16-38-32(34)18-6-7-18)35(44)40-33(22)30-23-13-20-8-9-25(39-20)29(23)30/h1-3,12,14,16-18,20,23,25,29-30,39,43H,4-11,13,15H2/t20?,23?,25?,29-,30?/m0/s1. The highest BCUT2D eigenvalue weighted by Gasteiger charge is 2.61. The van der Waals surface area contributed by atoms with Gasteiger partial charge >= 0.3 is 5.69 Å². The molecule has 5 fully saturated rings. The Labute approximate surface area is 260 Å². The summed E-state index contributed by atoms with van der Waals surface area (Å²) >= 11 is 6.79. The molecule has 6 aliphatic rings. The molecule has 4 unspecified atom stereocenters. The number of hydrogen-bond donors (Lipinski definition) is 2. The first-order valence-electron chi connectivity index (χ1n) is 16.5. The number of piperidine rings is 1. The van der Waals surface area contributed by atoms with Crippen molar-refractivity contribution >= 4 is 28.1 Å². The first-order valence-corrected chi connectivity index (χ1v) is 16.8. The molecule has 8 nitrogen and oxygen atoms in total. The number of benzene rings is 2. The predicted molar refractivity (Wildman–Crippen MR) is 169 cm³/mol. The van der Waals surface area contributed by atoms with Crippen molar-refractivity contribution in [3.63, 3.8) is 0 Å². The van der Waals surface area contributed by atoms with Crippen molar-refractivity contribution in [2.75, 3.05) is 11.4 Å². The molecule has 3 aliphatic carbocycles. The fourth-order valence-corrected chi connectivity index (χ4v) is 9.40. The van der Waals surface area contributed by atoms with Crippen LogP contribution in [-0.2, 0) is 13.0 Å². The zero-order valence-corrected chi connectivity index (χ0v) is 25.3. The summed E-state index contributed by atoms with van der Waals surface area (Å²) in [6.07, 6.45) is 10.6. The van der Waals surface area contributed by atoms with E-state index in [0.29, 0.717) is 53.2 Å². The van der Waals surface area contributed by atoms with Crippen LogP contribution in [0.4, 0.5) is 5.69 Å². The summed E-state index contributed by atoms with van der Waals surface area (Å²) in [6.45, 7) is 1.28. The van der Waals surface area contributed by atoms with Gasteiger partial charge in [0.1, 0.15) is 12.1 Å². The number of nitrogens with one attached hydrogen (secondary N) is 1. The summed E-state index contributed by atoms with van der Waals surface area (Å²) in [5.41, 5.74) is 6.89. The average Bonchev–Trinajstić information content (AvgIpc) is 3.91. The molecule has 44 heavy (non-hydrogen) atoms. The highest BCUT2D eigenvalue weighted by molar-refractivity contribution is 6.36. The quantitative estimate of drug-likeness (QED) is 0.301. The van der Waals surface area contributed by atoms with Gasteiger partial charge in [-0.3, -0.25) is 4.57 Å². The summed E-state index contributed by atoms with van der Waals surface area (Å²) in [6, 6.07) is 10.6. The predicted octanol–water partition coefficient (Wildman–Crippen LogP) is 5.71. The van der Waals surface area contributed by atoms with Crippen molar-refractivity contribution in [2.24, 2.45) is 11.8 Å². The second kappa shape index (κ2) is 9.27. The topological polar surface area (TPSA) is 96.2 Å². The third-order valence-electron chi connectivity index (χ3n) is 11.4. The Hall–Kier alpha value is -3.49. The summed E-state index contributed by atoms with van der Waals surface area (Å²) in [4.78, 5) is 31.4. The van der Waals surface area contributed by atoms with Crippen LogP contribution >= 0.6 is 11.6 Å². The van der Waals surface area contributed by atoms with Gasteiger partial charge in [-0.25, -0.2) is 14.8 Å². The first-order chi connectivity index (χ1) is 21.5. The Morgan fingerprint density at radius 2 is 1.77 bits per heavy atom. The smallest absolute Gasteiger partial charge is 0.352 e. The number of halogens is 1. The largest absolute Gasteiger partial charge is 0.508 e. The molecule has 5 heterocycles. The van der Waals surface area contributed by atoms with E-state index in [2.05, 4.69) is 10.2 Å². The molecule has 0 amide bonds. The van der Waals surface area contributed by atoms with Crippen molar-refractivity contribution in [3.05, 3.63) is 80.5 Å². The lowest BCUT2D eigenvalue weighted by atomic mass is 9.95. The van der Waals surface area contributed by atoms with Gasteiger partial charge in [0.05, 0.1) is 45.7 Å². The fourth-order valence-electron chi connectivity index (χ4n) is 9.12. The van der Waals surface area contributed by atoms with Crippen molar-refractivity contribution in [3.8, 4) is 11.4 Å². The number of nitrogens with zero attached hydrogens (tertiary/aromatic N) is 5. The van der Waals surface area contributed by atoms with Crippen LogP contribution in [0.1, 0.15) is 91.0 Å². The number of aromatic nitrogens is 4. The van der Waals surface area contributed by atoms with Crippen LogP contribution in [0.3, 0.4) is 0 Å². The first kappa shape index (κ1) is 25.8. The minimum Gasteiger partial charge on any atom is -0.508 e. The summed E-state index contributed by atoms with van der Waals surface area (Å²) in [5, 5.41) is 17.1. The van der Waals surface area contributed by atoms with E-state index in [9.17, 15) is 9.90 Å². The Kier molecular flexibility index (Phi) is 5.43. The van der Waals surface area contributed by atoms with Crippen LogP contribution in [0.2, 0.25) is 5.02 Å². The third-order valence-corrected chi connectivity index (χ3v) is 11.7. The molecule has 0 spiro atoms. The van der Waals surface area contributed by atoms with E-state index in [1.807, 2.05) is 28.8 Å². The zero-order valence-electron chi connectivity index (χ0n) is 24.5. The Morgan fingerprint density at radius 3 is 2.55 bits per heavy atom. The van der Waals surface area contributed by atoms with Gasteiger partial charge in [-0.05, 0) is 86.3 Å². The lowest BCUT2D eigenvalue weighted by Gasteiger charge is -2.34. The zero-order chi connectivity index (χ0) is 29.3. The third kappa shape index (κ3) is 3.86. The molecule has 2 aromatic carbocycles. The highest BCUT2D eigenvalue weighted by Crippen LogP contribution is 2.63. The minimum absolute atomic E-state index is 0.195. The van der Waals surface area contributed by atoms with Gasteiger partial charge in [0.25, 0.3) is 0 Å². The van der Waals surface area contributed by atoms with E-state index in [1.165, 1.54) is 24.8 Å². The van der Waals surface area contributed by atoms with Gasteiger partial charge < -0.3 is 15.3 Å². The van der Waals surface area contributed by atoms with E-state index in [4.69, 9.17) is 26.6 Å². The van der Waals surface area contributed by atoms with E-state index in [1.54, 1.807) is 12.4 Å². The number of rotatable bonds is 5. The molecule has 0 radical (unpaired) electrons. The molecule has 4 aromatic rings. The molecule has 2 saturated heterocycles. The Balaban J connectivity index is 1.17. The number of anilines is 1. The maximum Gasteiger partial charge on any atom is 0.352 e. The SMILES string of the molecule is O=c1nc(C2C3CC4CCC(N4)[C@H]32)c2c(n1-c1c(C3CC3)ncnc1C1CC1)CN(c1cc(O)cc3cccc(Cl)c13)CC2. The number of phenols is 1. The molecule has 2 bridgehead atoms. The number of aromatic hydroxyl groups is 1. The molecule has 3 aliphatic heterocycles. The van der Waals surface area contributed by atoms with Gasteiger partial charge in [0, 0.05) is 47.8 Å². The van der Waals surface area contributed by atoms with E-state index in [-0.39, 0.29) is 11.4 Å². The molecule has 10 rings (SSSR count). The average molecular weight is 607 g/mol. The van der Waals surface area contributed by atoms with E-state index < -0.39 is 0 Å². The van der Waals surface area contributed by atoms with Crippen LogP contribution in [0.25, 0.3) is 16.5 Å². The minimum atomic E-state index is -0.195. The second-order valence-corrected chi connectivity index (χ2v) is 14.5. The van der Waals surface area contributed by atoms with Crippen LogP contribution in [0.5, 0.6) is 5.75 Å². The lowest BCUT2D eigenvalue weighted by molar-refractivity contribution is 0.387. The van der Waals surface area contributed by atoms with Crippen LogP contribution in [0, 0.1) is 11.8 Å². The van der Waals surface area contributed by atoms with E-state index >= 15 is 0 Å². The molecule has 2 N–H and O–H groups in total. The Bertz CT molecular complexity index is 1900. The normalized spacial score (nSPS) is 28.7. The monoisotopic (exact) mass is 606 g/mol. The van der Waals surface area contributed by atoms with Gasteiger partial charge in [-0.2, -0.15) is 4.98 Å². The van der Waals surface area contributed by atoms with Crippen molar-refractivity contribution in [1.29, 1.82) is 0 Å². The van der Waals surface area contributed by atoms with Crippen molar-refractivity contribution in [2.45, 2.75) is 87.7 Å². The molecule has 5 atom stereocenters. The summed E-state index contributed by atoms with van der Waals surface area (Å²) < 4.78 is 1.91. The van der Waals surface area contributed by atoms with Gasteiger partial charge in [0.2, 0.25) is 0 Å². The number of fused-ring (bicyclic) bond motifs is 6. The van der Waals surface area contributed by atoms with Gasteiger partial charge in [-0.1, -0.05) is 23.7 Å². The van der Waals surface area contributed by atoms with Gasteiger partial charge in [-0.15, -0.1) is 0 Å². The van der Waals surface area contributed by atoms with E-state index in [0.717, 1.165) is 83.6 Å². The van der Waals surface area contributed by atoms with Gasteiger partial charge in [0.15, 0.2) is 0 Å². The molecular weight excluding hydrogens is 572 g/mol. The van der Waals surface area contributed by atoms with Crippen molar-refractivity contribution in [1.82, 2.24) is 24.8 Å². The summed E-state index contributed by atoms with van der Waals surface area (Å²) in [7, 11) is 0. The second-order valence-electron chi connectivity index (χ2n) is 14.1. The van der Waals surface area contributed by atoms with Crippen LogP contribution < -0.4 is 15.9 Å². The maximum atomic E-state index is 14.5. The number of phenolic OH excluding ortho intramolecular Hbond substituents is 1. The molecule has 2 aromatic heterocycles. The maximum absolute atomic E-state index is 14.5. The Morgan fingerprint density at radius 1 is 0.977 bits per heavy atom. The molecule has 3 saturated carbocycles. The van der Waals surface area contributed by atoms with Crippen LogP contribution in [-0.4, -0.2) is 43.3 Å². The molecule has 9 heteroatoms.